The van der Waals surface area contributed by atoms with Crippen molar-refractivity contribution < 1.29 is 9.59 Å². The number of H-pyrrole nitrogens is 1. The van der Waals surface area contributed by atoms with Gasteiger partial charge in [-0.1, -0.05) is 66.7 Å². The Bertz CT molecular complexity index is 1130. The van der Waals surface area contributed by atoms with Gasteiger partial charge in [0, 0.05) is 16.7 Å². The molecule has 0 saturated carbocycles. The lowest BCUT2D eigenvalue weighted by Gasteiger charge is -2.11. The highest BCUT2D eigenvalue weighted by atomic mass is 16.1. The average molecular weight is 324 g/mol. The maximum atomic E-state index is 12.7. The Balaban J connectivity index is 1.75. The third kappa shape index (κ3) is 1.91. The fraction of sp³-hybridized carbons (Fsp3) is 0. The molecule has 4 aromatic rings. The summed E-state index contributed by atoms with van der Waals surface area (Å²) >= 11 is 0. The normalized spacial score (nSPS) is 13.0. The van der Waals surface area contributed by atoms with Crippen molar-refractivity contribution in [1.82, 2.24) is 9.97 Å². The van der Waals surface area contributed by atoms with Crippen molar-refractivity contribution in [2.45, 2.75) is 0 Å². The number of carbonyl (C=O) groups is 2. The van der Waals surface area contributed by atoms with Crippen molar-refractivity contribution in [2.75, 3.05) is 0 Å². The van der Waals surface area contributed by atoms with Crippen LogP contribution in [0, 0.1) is 0 Å². The molecule has 0 spiro atoms. The SMILES string of the molecule is O=C1c2ccccc2C(=O)c2[nH]c(-c3cccc4ccccc34)nc21. The molecule has 1 aliphatic carbocycles. The molecule has 25 heavy (non-hydrogen) atoms. The summed E-state index contributed by atoms with van der Waals surface area (Å²) in [7, 11) is 0. The molecule has 1 N–H and O–H groups in total. The van der Waals surface area contributed by atoms with E-state index in [-0.39, 0.29) is 23.0 Å². The first-order valence-corrected chi connectivity index (χ1v) is 8.00. The lowest BCUT2D eigenvalue weighted by Crippen LogP contribution is -2.20. The van der Waals surface area contributed by atoms with Gasteiger partial charge in [0.2, 0.25) is 11.6 Å². The molecule has 0 fully saturated rings. The van der Waals surface area contributed by atoms with Gasteiger partial charge in [0.15, 0.2) is 0 Å². The van der Waals surface area contributed by atoms with Crippen molar-refractivity contribution in [3.05, 3.63) is 89.2 Å². The second-order valence-corrected chi connectivity index (χ2v) is 6.04. The lowest BCUT2D eigenvalue weighted by molar-refractivity contribution is 0.0974. The molecule has 3 aromatic carbocycles. The number of benzene rings is 3. The van der Waals surface area contributed by atoms with Gasteiger partial charge in [0.25, 0.3) is 0 Å². The standard InChI is InChI=1S/C21H12N2O2/c24-19-14-9-3-4-10-15(14)20(25)18-17(19)22-21(23-18)16-11-5-7-12-6-1-2-8-13(12)16/h1-11H,(H,22,23). The predicted octanol–water partition coefficient (Wildman–Crippen LogP) is 4.01. The van der Waals surface area contributed by atoms with E-state index in [4.69, 9.17) is 0 Å². The minimum absolute atomic E-state index is 0.191. The number of aromatic amines is 1. The Morgan fingerprint density at radius 1 is 0.680 bits per heavy atom. The zero-order chi connectivity index (χ0) is 17.0. The van der Waals surface area contributed by atoms with E-state index in [1.54, 1.807) is 24.3 Å². The molecule has 118 valence electrons. The van der Waals surface area contributed by atoms with Crippen LogP contribution >= 0.6 is 0 Å². The number of carbonyl (C=O) groups excluding carboxylic acids is 2. The molecular weight excluding hydrogens is 312 g/mol. The zero-order valence-electron chi connectivity index (χ0n) is 13.1. The van der Waals surface area contributed by atoms with Gasteiger partial charge >= 0.3 is 0 Å². The fourth-order valence-corrected chi connectivity index (χ4v) is 3.40. The summed E-state index contributed by atoms with van der Waals surface area (Å²) in [4.78, 5) is 33.0. The van der Waals surface area contributed by atoms with E-state index in [0.29, 0.717) is 17.0 Å². The first-order chi connectivity index (χ1) is 12.2. The van der Waals surface area contributed by atoms with E-state index < -0.39 is 0 Å². The van der Waals surface area contributed by atoms with Crippen molar-refractivity contribution in [2.24, 2.45) is 0 Å². The zero-order valence-corrected chi connectivity index (χ0v) is 13.1. The van der Waals surface area contributed by atoms with E-state index in [2.05, 4.69) is 9.97 Å². The number of rotatable bonds is 1. The highest BCUT2D eigenvalue weighted by molar-refractivity contribution is 6.27. The third-order valence-corrected chi connectivity index (χ3v) is 4.61. The molecule has 0 aliphatic heterocycles. The fourth-order valence-electron chi connectivity index (χ4n) is 3.40. The van der Waals surface area contributed by atoms with Gasteiger partial charge in [-0.2, -0.15) is 0 Å². The van der Waals surface area contributed by atoms with E-state index in [1.807, 2.05) is 42.5 Å². The number of imidazole rings is 1. The Morgan fingerprint density at radius 2 is 1.32 bits per heavy atom. The monoisotopic (exact) mass is 324 g/mol. The molecule has 0 amide bonds. The third-order valence-electron chi connectivity index (χ3n) is 4.61. The molecule has 4 heteroatoms. The number of nitrogens with zero attached hydrogens (tertiary/aromatic N) is 1. The maximum absolute atomic E-state index is 12.7. The van der Waals surface area contributed by atoms with Crippen molar-refractivity contribution >= 4 is 22.3 Å². The van der Waals surface area contributed by atoms with Crippen LogP contribution in [0.1, 0.15) is 32.1 Å². The Hall–Kier alpha value is -3.53. The van der Waals surface area contributed by atoms with Gasteiger partial charge in [-0.15, -0.1) is 0 Å². The Morgan fingerprint density at radius 3 is 2.16 bits per heavy atom. The number of hydrogen-bond donors (Lipinski definition) is 1. The lowest BCUT2D eigenvalue weighted by atomic mass is 9.90. The van der Waals surface area contributed by atoms with Crippen LogP contribution in [0.2, 0.25) is 0 Å². The minimum Gasteiger partial charge on any atom is -0.335 e. The van der Waals surface area contributed by atoms with Crippen LogP contribution in [-0.4, -0.2) is 21.5 Å². The van der Waals surface area contributed by atoms with Crippen molar-refractivity contribution in [3.8, 4) is 11.4 Å². The molecule has 0 unspecified atom stereocenters. The summed E-state index contributed by atoms with van der Waals surface area (Å²) in [5.74, 6) is 0.133. The first-order valence-electron chi connectivity index (χ1n) is 8.00. The topological polar surface area (TPSA) is 62.8 Å². The highest BCUT2D eigenvalue weighted by Gasteiger charge is 2.33. The van der Waals surface area contributed by atoms with Crippen LogP contribution < -0.4 is 0 Å². The van der Waals surface area contributed by atoms with Crippen LogP contribution in [0.4, 0.5) is 0 Å². The number of hydrogen-bond acceptors (Lipinski definition) is 3. The summed E-state index contributed by atoms with van der Waals surface area (Å²) in [6.07, 6.45) is 0. The Labute approximate surface area is 143 Å². The van der Waals surface area contributed by atoms with E-state index in [1.165, 1.54) is 0 Å². The quantitative estimate of drug-likeness (QED) is 0.507. The predicted molar refractivity (Wildman–Crippen MR) is 94.8 cm³/mol. The average Bonchev–Trinajstić information content (AvgIpc) is 3.11. The van der Waals surface area contributed by atoms with Gasteiger partial charge in [-0.3, -0.25) is 9.59 Å². The first kappa shape index (κ1) is 13.9. The number of fused-ring (bicyclic) bond motifs is 3. The molecule has 1 aliphatic rings. The minimum atomic E-state index is -0.215. The molecule has 5 rings (SSSR count). The largest absolute Gasteiger partial charge is 0.335 e. The number of nitrogens with one attached hydrogen (secondary N) is 1. The second kappa shape index (κ2) is 4.98. The molecule has 0 radical (unpaired) electrons. The molecule has 0 bridgehead atoms. The molecule has 1 aromatic heterocycles. The summed E-state index contributed by atoms with van der Waals surface area (Å²) < 4.78 is 0. The van der Waals surface area contributed by atoms with Crippen LogP contribution in [0.5, 0.6) is 0 Å². The van der Waals surface area contributed by atoms with Crippen molar-refractivity contribution in [3.63, 3.8) is 0 Å². The van der Waals surface area contributed by atoms with E-state index >= 15 is 0 Å². The van der Waals surface area contributed by atoms with Crippen molar-refractivity contribution in [1.29, 1.82) is 0 Å². The molecule has 4 nitrogen and oxygen atoms in total. The van der Waals surface area contributed by atoms with Gasteiger partial charge in [-0.05, 0) is 10.8 Å². The van der Waals surface area contributed by atoms with E-state index in [0.717, 1.165) is 16.3 Å². The van der Waals surface area contributed by atoms with Gasteiger partial charge < -0.3 is 4.98 Å². The van der Waals surface area contributed by atoms with Gasteiger partial charge in [0.05, 0.1) is 0 Å². The maximum Gasteiger partial charge on any atom is 0.214 e. The molecule has 1 heterocycles. The Kier molecular flexibility index (Phi) is 2.76. The van der Waals surface area contributed by atoms with Crippen LogP contribution in [0.25, 0.3) is 22.2 Å². The smallest absolute Gasteiger partial charge is 0.214 e. The highest BCUT2D eigenvalue weighted by Crippen LogP contribution is 2.31. The van der Waals surface area contributed by atoms with Crippen LogP contribution in [0.3, 0.4) is 0 Å². The van der Waals surface area contributed by atoms with Gasteiger partial charge in [0.1, 0.15) is 17.2 Å². The summed E-state index contributed by atoms with van der Waals surface area (Å²) in [6, 6.07) is 20.7. The number of aromatic nitrogens is 2. The van der Waals surface area contributed by atoms with Crippen LogP contribution in [-0.2, 0) is 0 Å². The van der Waals surface area contributed by atoms with Crippen LogP contribution in [0.15, 0.2) is 66.7 Å². The second-order valence-electron chi connectivity index (χ2n) is 6.04. The number of ketones is 2. The summed E-state index contributed by atoms with van der Waals surface area (Å²) in [5, 5.41) is 2.10. The molecule has 0 saturated heterocycles. The molecular formula is C21H12N2O2. The molecule has 0 atom stereocenters. The summed E-state index contributed by atoms with van der Waals surface area (Å²) in [5.41, 5.74) is 2.18. The summed E-state index contributed by atoms with van der Waals surface area (Å²) in [6.45, 7) is 0. The van der Waals surface area contributed by atoms with Gasteiger partial charge in [-0.25, -0.2) is 4.98 Å². The van der Waals surface area contributed by atoms with E-state index in [9.17, 15) is 9.59 Å².